The molecule has 3 atom stereocenters. The number of methoxy groups -OCH3 is 1. The van der Waals surface area contributed by atoms with Crippen LogP contribution in [0, 0.1) is 0 Å². The largest absolute Gasteiger partial charge is 0.467 e. The van der Waals surface area contributed by atoms with Crippen LogP contribution in [0.25, 0.3) is 0 Å². The molecule has 1 aromatic heterocycles. The minimum atomic E-state index is -0.134. The lowest BCUT2D eigenvalue weighted by Crippen LogP contribution is -2.30. The molecule has 0 aliphatic heterocycles. The van der Waals surface area contributed by atoms with Crippen LogP contribution in [-0.2, 0) is 9.47 Å². The Bertz CT molecular complexity index is 312. The van der Waals surface area contributed by atoms with Crippen LogP contribution in [0.2, 0.25) is 0 Å². The van der Waals surface area contributed by atoms with E-state index in [4.69, 9.17) is 19.6 Å². The Kier molecular flexibility index (Phi) is 4.59. The molecule has 1 saturated carbocycles. The van der Waals surface area contributed by atoms with E-state index in [-0.39, 0.29) is 12.2 Å². The summed E-state index contributed by atoms with van der Waals surface area (Å²) in [5.41, 5.74) is 5.73. The van der Waals surface area contributed by atoms with Crippen molar-refractivity contribution in [2.24, 2.45) is 5.73 Å². The van der Waals surface area contributed by atoms with E-state index >= 15 is 0 Å². The van der Waals surface area contributed by atoms with E-state index < -0.39 is 0 Å². The first-order valence-corrected chi connectivity index (χ1v) is 6.25. The average Bonchev–Trinajstić information content (AvgIpc) is 2.90. The van der Waals surface area contributed by atoms with Crippen LogP contribution in [0.4, 0.5) is 0 Å². The number of ether oxygens (including phenoxy) is 2. The molecule has 0 spiro atoms. The van der Waals surface area contributed by atoms with Crippen LogP contribution in [-0.4, -0.2) is 25.9 Å². The summed E-state index contributed by atoms with van der Waals surface area (Å²) < 4.78 is 16.8. The van der Waals surface area contributed by atoms with Gasteiger partial charge in [-0.2, -0.15) is 0 Å². The van der Waals surface area contributed by atoms with Gasteiger partial charge in [0, 0.05) is 13.7 Å². The molecule has 1 aliphatic carbocycles. The highest BCUT2D eigenvalue weighted by Crippen LogP contribution is 2.28. The molecule has 2 rings (SSSR count). The Labute approximate surface area is 102 Å². The van der Waals surface area contributed by atoms with E-state index in [0.29, 0.717) is 12.6 Å². The second-order valence-electron chi connectivity index (χ2n) is 4.52. The minimum Gasteiger partial charge on any atom is -0.467 e. The summed E-state index contributed by atoms with van der Waals surface area (Å²) in [4.78, 5) is 0. The second-order valence-corrected chi connectivity index (χ2v) is 4.52. The summed E-state index contributed by atoms with van der Waals surface area (Å²) in [6.07, 6.45) is 6.38. The molecular weight excluding hydrogens is 218 g/mol. The zero-order valence-electron chi connectivity index (χ0n) is 10.3. The molecule has 0 radical (unpaired) electrons. The summed E-state index contributed by atoms with van der Waals surface area (Å²) in [6.45, 7) is 0.446. The summed E-state index contributed by atoms with van der Waals surface area (Å²) in [7, 11) is 1.76. The highest BCUT2D eigenvalue weighted by Gasteiger charge is 2.26. The van der Waals surface area contributed by atoms with Gasteiger partial charge in [0.15, 0.2) is 0 Å². The number of rotatable bonds is 5. The fourth-order valence-electron chi connectivity index (χ4n) is 2.39. The van der Waals surface area contributed by atoms with E-state index in [0.717, 1.165) is 31.4 Å². The zero-order valence-corrected chi connectivity index (χ0v) is 10.3. The quantitative estimate of drug-likeness (QED) is 0.856. The highest BCUT2D eigenvalue weighted by atomic mass is 16.5. The Hall–Kier alpha value is -0.840. The van der Waals surface area contributed by atoms with Gasteiger partial charge in [-0.05, 0) is 37.8 Å². The molecule has 3 unspecified atom stereocenters. The van der Waals surface area contributed by atoms with Crippen LogP contribution in [0.5, 0.6) is 0 Å². The highest BCUT2D eigenvalue weighted by molar-refractivity contribution is 5.02. The molecule has 0 amide bonds. The van der Waals surface area contributed by atoms with Gasteiger partial charge in [0.1, 0.15) is 11.9 Å². The first kappa shape index (κ1) is 12.6. The summed E-state index contributed by atoms with van der Waals surface area (Å²) in [5.74, 6) is 0.812. The molecule has 0 bridgehead atoms. The van der Waals surface area contributed by atoms with Crippen molar-refractivity contribution in [3.63, 3.8) is 0 Å². The third-order valence-corrected chi connectivity index (χ3v) is 3.34. The van der Waals surface area contributed by atoms with Gasteiger partial charge in [-0.1, -0.05) is 0 Å². The standard InChI is InChI=1S/C13H21NO3/c1-15-10-4-2-5-11(8-10)17-13(9-14)12-6-3-7-16-12/h3,6-7,10-11,13H,2,4-5,8-9,14H2,1H3. The van der Waals surface area contributed by atoms with Crippen molar-refractivity contribution in [1.82, 2.24) is 0 Å². The fraction of sp³-hybridized carbons (Fsp3) is 0.692. The van der Waals surface area contributed by atoms with Crippen LogP contribution >= 0.6 is 0 Å². The first-order chi connectivity index (χ1) is 8.33. The molecule has 4 nitrogen and oxygen atoms in total. The SMILES string of the molecule is COC1CCCC(OC(CN)c2ccco2)C1. The lowest BCUT2D eigenvalue weighted by molar-refractivity contribution is -0.0692. The van der Waals surface area contributed by atoms with Crippen molar-refractivity contribution in [3.8, 4) is 0 Å². The van der Waals surface area contributed by atoms with E-state index in [1.807, 2.05) is 12.1 Å². The van der Waals surface area contributed by atoms with E-state index in [9.17, 15) is 0 Å². The Balaban J connectivity index is 1.90. The molecule has 4 heteroatoms. The van der Waals surface area contributed by atoms with E-state index in [2.05, 4.69) is 0 Å². The minimum absolute atomic E-state index is 0.134. The van der Waals surface area contributed by atoms with Gasteiger partial charge in [0.05, 0.1) is 18.5 Å². The number of hydrogen-bond acceptors (Lipinski definition) is 4. The van der Waals surface area contributed by atoms with Crippen molar-refractivity contribution in [2.75, 3.05) is 13.7 Å². The summed E-state index contributed by atoms with van der Waals surface area (Å²) in [5, 5.41) is 0. The van der Waals surface area contributed by atoms with Crippen molar-refractivity contribution < 1.29 is 13.9 Å². The van der Waals surface area contributed by atoms with E-state index in [1.165, 1.54) is 0 Å². The molecule has 17 heavy (non-hydrogen) atoms. The third-order valence-electron chi connectivity index (χ3n) is 3.34. The second kappa shape index (κ2) is 6.19. The lowest BCUT2D eigenvalue weighted by Gasteiger charge is -2.30. The zero-order chi connectivity index (χ0) is 12.1. The number of hydrogen-bond donors (Lipinski definition) is 1. The Morgan fingerprint density at radius 3 is 2.94 bits per heavy atom. The monoisotopic (exact) mass is 239 g/mol. The van der Waals surface area contributed by atoms with E-state index in [1.54, 1.807) is 13.4 Å². The average molecular weight is 239 g/mol. The van der Waals surface area contributed by atoms with Gasteiger partial charge in [-0.15, -0.1) is 0 Å². The van der Waals surface area contributed by atoms with Gasteiger partial charge in [0.2, 0.25) is 0 Å². The maximum atomic E-state index is 6.02. The van der Waals surface area contributed by atoms with Crippen molar-refractivity contribution >= 4 is 0 Å². The van der Waals surface area contributed by atoms with Gasteiger partial charge in [-0.3, -0.25) is 0 Å². The summed E-state index contributed by atoms with van der Waals surface area (Å²) >= 11 is 0. The van der Waals surface area contributed by atoms with Crippen molar-refractivity contribution in [3.05, 3.63) is 24.2 Å². The van der Waals surface area contributed by atoms with Crippen LogP contribution in [0.3, 0.4) is 0 Å². The predicted molar refractivity (Wildman–Crippen MR) is 64.6 cm³/mol. The van der Waals surface area contributed by atoms with Gasteiger partial charge < -0.3 is 19.6 Å². The smallest absolute Gasteiger partial charge is 0.133 e. The topological polar surface area (TPSA) is 57.6 Å². The van der Waals surface area contributed by atoms with Crippen molar-refractivity contribution in [1.29, 1.82) is 0 Å². The third kappa shape index (κ3) is 3.31. The van der Waals surface area contributed by atoms with Crippen LogP contribution in [0.15, 0.2) is 22.8 Å². The molecule has 1 fully saturated rings. The first-order valence-electron chi connectivity index (χ1n) is 6.25. The molecule has 96 valence electrons. The predicted octanol–water partition coefficient (Wildman–Crippen LogP) is 2.25. The molecule has 1 aromatic rings. The molecule has 1 heterocycles. The molecule has 0 saturated heterocycles. The van der Waals surface area contributed by atoms with Gasteiger partial charge in [-0.25, -0.2) is 0 Å². The number of furan rings is 1. The van der Waals surface area contributed by atoms with Crippen molar-refractivity contribution in [2.45, 2.75) is 44.0 Å². The molecule has 0 aromatic carbocycles. The normalized spacial score (nSPS) is 26.9. The van der Waals surface area contributed by atoms with Gasteiger partial charge in [0.25, 0.3) is 0 Å². The molecule has 1 aliphatic rings. The maximum Gasteiger partial charge on any atom is 0.133 e. The van der Waals surface area contributed by atoms with Gasteiger partial charge >= 0.3 is 0 Å². The Morgan fingerprint density at radius 2 is 2.29 bits per heavy atom. The summed E-state index contributed by atoms with van der Waals surface area (Å²) in [6, 6.07) is 3.77. The lowest BCUT2D eigenvalue weighted by atomic mass is 9.94. The van der Waals surface area contributed by atoms with Crippen LogP contribution in [0.1, 0.15) is 37.5 Å². The van der Waals surface area contributed by atoms with Crippen LogP contribution < -0.4 is 5.73 Å². The molecule has 2 N–H and O–H groups in total. The fourth-order valence-corrected chi connectivity index (χ4v) is 2.39. The Morgan fingerprint density at radius 1 is 1.47 bits per heavy atom. The maximum absolute atomic E-state index is 6.02. The number of nitrogens with two attached hydrogens (primary N) is 1. The molecular formula is C13H21NO3.